The van der Waals surface area contributed by atoms with Gasteiger partial charge in [0.25, 0.3) is 5.91 Å². The van der Waals surface area contributed by atoms with Gasteiger partial charge in [0, 0.05) is 12.3 Å². The molecule has 1 saturated carbocycles. The highest BCUT2D eigenvalue weighted by Gasteiger charge is 2.35. The van der Waals surface area contributed by atoms with E-state index in [0.717, 1.165) is 12.8 Å². The smallest absolute Gasteiger partial charge is 0.253 e. The van der Waals surface area contributed by atoms with Crippen LogP contribution in [-0.4, -0.2) is 28.0 Å². The summed E-state index contributed by atoms with van der Waals surface area (Å²) < 4.78 is 0. The van der Waals surface area contributed by atoms with Crippen LogP contribution in [0.3, 0.4) is 0 Å². The molecule has 1 aromatic heterocycles. The monoisotopic (exact) mass is 250 g/mol. The number of carbonyl (C=O) groups is 1. The molecule has 1 unspecified atom stereocenters. The van der Waals surface area contributed by atoms with Gasteiger partial charge in [0.15, 0.2) is 5.84 Å². The fourth-order valence-electron chi connectivity index (χ4n) is 1.70. The number of pyridine rings is 1. The second kappa shape index (κ2) is 4.91. The molecule has 7 nitrogen and oxygen atoms in total. The second-order valence-electron chi connectivity index (χ2n) is 4.26. The number of hydrogen-bond donors (Lipinski definition) is 4. The number of rotatable bonds is 4. The number of H-pyrrole nitrogens is 1. The summed E-state index contributed by atoms with van der Waals surface area (Å²) in [4.78, 5) is 25.2. The van der Waals surface area contributed by atoms with Gasteiger partial charge in [0.1, 0.15) is 0 Å². The molecule has 0 aromatic carbocycles. The fourth-order valence-corrected chi connectivity index (χ4v) is 1.70. The zero-order valence-electron chi connectivity index (χ0n) is 9.59. The number of amides is 1. The number of aromatic amines is 1. The zero-order chi connectivity index (χ0) is 13.1. The van der Waals surface area contributed by atoms with E-state index in [4.69, 9.17) is 10.9 Å². The maximum Gasteiger partial charge on any atom is 0.253 e. The van der Waals surface area contributed by atoms with Crippen molar-refractivity contribution in [2.24, 2.45) is 16.8 Å². The van der Waals surface area contributed by atoms with E-state index >= 15 is 0 Å². The highest BCUT2D eigenvalue weighted by Crippen LogP contribution is 2.32. The average molecular weight is 250 g/mol. The average Bonchev–Trinajstić information content (AvgIpc) is 3.20. The number of amidine groups is 1. The second-order valence-corrected chi connectivity index (χ2v) is 4.26. The predicted octanol–water partition coefficient (Wildman–Crippen LogP) is -0.370. The number of carbonyl (C=O) groups excluding carboxylic acids is 1. The van der Waals surface area contributed by atoms with Crippen LogP contribution in [0.2, 0.25) is 0 Å². The number of aromatic nitrogens is 1. The van der Waals surface area contributed by atoms with Gasteiger partial charge in [-0.25, -0.2) is 0 Å². The molecule has 18 heavy (non-hydrogen) atoms. The molecule has 0 radical (unpaired) electrons. The number of nitrogens with zero attached hydrogens (tertiary/aromatic N) is 1. The lowest BCUT2D eigenvalue weighted by molar-refractivity contribution is 0.0942. The molecule has 2 rings (SSSR count). The summed E-state index contributed by atoms with van der Waals surface area (Å²) in [7, 11) is 0. The van der Waals surface area contributed by atoms with Crippen molar-refractivity contribution in [3.63, 3.8) is 0 Å². The molecule has 1 heterocycles. The predicted molar refractivity (Wildman–Crippen MR) is 64.4 cm³/mol. The first-order valence-corrected chi connectivity index (χ1v) is 5.59. The quantitative estimate of drug-likeness (QED) is 0.252. The van der Waals surface area contributed by atoms with Crippen LogP contribution < -0.4 is 16.6 Å². The maximum atomic E-state index is 11.9. The zero-order valence-corrected chi connectivity index (χ0v) is 9.59. The summed E-state index contributed by atoms with van der Waals surface area (Å²) in [5.74, 6) is -0.155. The summed E-state index contributed by atoms with van der Waals surface area (Å²) in [6.07, 6.45) is 3.20. The Morgan fingerprint density at radius 1 is 1.56 bits per heavy atom. The van der Waals surface area contributed by atoms with Crippen LogP contribution in [0.1, 0.15) is 23.2 Å². The van der Waals surface area contributed by atoms with E-state index in [1.165, 1.54) is 18.3 Å². The van der Waals surface area contributed by atoms with E-state index in [-0.39, 0.29) is 23.2 Å². The van der Waals surface area contributed by atoms with Gasteiger partial charge < -0.3 is 21.2 Å². The van der Waals surface area contributed by atoms with Crippen LogP contribution in [-0.2, 0) is 0 Å². The van der Waals surface area contributed by atoms with Crippen molar-refractivity contribution in [1.82, 2.24) is 10.3 Å². The summed E-state index contributed by atoms with van der Waals surface area (Å²) >= 11 is 0. The standard InChI is InChI=1S/C11H14N4O3/c12-10(15-18)9(6-1-2-6)14-11(17)7-3-4-8(16)13-5-7/h3-6,9,18H,1-2H2,(H2,12,15)(H,13,16)(H,14,17). The van der Waals surface area contributed by atoms with Crippen LogP contribution in [0.25, 0.3) is 0 Å². The molecular weight excluding hydrogens is 236 g/mol. The van der Waals surface area contributed by atoms with Crippen molar-refractivity contribution in [2.45, 2.75) is 18.9 Å². The maximum absolute atomic E-state index is 11.9. The van der Waals surface area contributed by atoms with Gasteiger partial charge in [-0.1, -0.05) is 5.16 Å². The normalized spacial score (nSPS) is 17.2. The summed E-state index contributed by atoms with van der Waals surface area (Å²) in [6, 6.07) is 2.23. The number of nitrogens with one attached hydrogen (secondary N) is 2. The molecular formula is C11H14N4O3. The number of oxime groups is 1. The van der Waals surface area contributed by atoms with Crippen LogP contribution in [0.5, 0.6) is 0 Å². The molecule has 1 aliphatic carbocycles. The molecule has 0 saturated heterocycles. The summed E-state index contributed by atoms with van der Waals surface area (Å²) in [6.45, 7) is 0. The first-order chi connectivity index (χ1) is 8.61. The molecule has 1 amide bonds. The molecule has 1 fully saturated rings. The first-order valence-electron chi connectivity index (χ1n) is 5.59. The van der Waals surface area contributed by atoms with E-state index in [2.05, 4.69) is 15.5 Å². The van der Waals surface area contributed by atoms with E-state index in [1.807, 2.05) is 0 Å². The fraction of sp³-hybridized carbons (Fsp3) is 0.364. The highest BCUT2D eigenvalue weighted by molar-refractivity contribution is 5.98. The van der Waals surface area contributed by atoms with Crippen molar-refractivity contribution in [2.75, 3.05) is 0 Å². The topological polar surface area (TPSA) is 121 Å². The Balaban J connectivity index is 2.09. The molecule has 96 valence electrons. The lowest BCUT2D eigenvalue weighted by atomic mass is 10.1. The van der Waals surface area contributed by atoms with Gasteiger partial charge in [-0.15, -0.1) is 0 Å². The number of nitrogens with two attached hydrogens (primary N) is 1. The van der Waals surface area contributed by atoms with Crippen LogP contribution in [0, 0.1) is 5.92 Å². The van der Waals surface area contributed by atoms with E-state index < -0.39 is 6.04 Å². The van der Waals surface area contributed by atoms with Gasteiger partial charge in [0.2, 0.25) is 5.56 Å². The minimum atomic E-state index is -0.463. The van der Waals surface area contributed by atoms with Crippen molar-refractivity contribution in [3.05, 3.63) is 34.2 Å². The molecule has 1 atom stereocenters. The third-order valence-electron chi connectivity index (χ3n) is 2.86. The molecule has 0 bridgehead atoms. The van der Waals surface area contributed by atoms with Crippen molar-refractivity contribution >= 4 is 11.7 Å². The van der Waals surface area contributed by atoms with Crippen molar-refractivity contribution in [3.8, 4) is 0 Å². The molecule has 7 heteroatoms. The molecule has 0 aliphatic heterocycles. The van der Waals surface area contributed by atoms with Gasteiger partial charge in [0.05, 0.1) is 11.6 Å². The number of hydrogen-bond acceptors (Lipinski definition) is 4. The lowest BCUT2D eigenvalue weighted by Gasteiger charge is -2.16. The van der Waals surface area contributed by atoms with Gasteiger partial charge >= 0.3 is 0 Å². The third-order valence-corrected chi connectivity index (χ3v) is 2.86. The van der Waals surface area contributed by atoms with Gasteiger partial charge in [-0.3, -0.25) is 9.59 Å². The molecule has 1 aromatic rings. The van der Waals surface area contributed by atoms with E-state index in [1.54, 1.807) is 0 Å². The largest absolute Gasteiger partial charge is 0.409 e. The SMILES string of the molecule is N/C(=N/O)C(NC(=O)c1ccc(=O)[nH]c1)C1CC1. The van der Waals surface area contributed by atoms with Crippen LogP contribution in [0.4, 0.5) is 0 Å². The Morgan fingerprint density at radius 2 is 2.28 bits per heavy atom. The Labute approximate surface area is 103 Å². The van der Waals surface area contributed by atoms with Crippen LogP contribution in [0.15, 0.2) is 28.3 Å². The summed E-state index contributed by atoms with van der Waals surface area (Å²) in [5, 5.41) is 14.3. The van der Waals surface area contributed by atoms with Crippen LogP contribution >= 0.6 is 0 Å². The van der Waals surface area contributed by atoms with E-state index in [9.17, 15) is 9.59 Å². The minimum absolute atomic E-state index is 0.00438. The minimum Gasteiger partial charge on any atom is -0.409 e. The van der Waals surface area contributed by atoms with Gasteiger partial charge in [-0.2, -0.15) is 0 Å². The first kappa shape index (κ1) is 12.2. The highest BCUT2D eigenvalue weighted by atomic mass is 16.4. The Morgan fingerprint density at radius 3 is 2.78 bits per heavy atom. The molecule has 1 aliphatic rings. The third kappa shape index (κ3) is 2.68. The Kier molecular flexibility index (Phi) is 3.31. The van der Waals surface area contributed by atoms with Gasteiger partial charge in [-0.05, 0) is 24.8 Å². The van der Waals surface area contributed by atoms with E-state index in [0.29, 0.717) is 5.56 Å². The van der Waals surface area contributed by atoms with Crippen molar-refractivity contribution < 1.29 is 10.0 Å². The Bertz CT molecular complexity index is 513. The lowest BCUT2D eigenvalue weighted by Crippen LogP contribution is -2.46. The molecule has 5 N–H and O–H groups in total. The summed E-state index contributed by atoms with van der Waals surface area (Å²) in [5.41, 5.74) is 5.58. The van der Waals surface area contributed by atoms with Crippen molar-refractivity contribution in [1.29, 1.82) is 0 Å². The Hall–Kier alpha value is -2.31. The molecule has 0 spiro atoms.